The SMILES string of the molecule is CCCSc1cc(N2CCC(F)(F)C2)c(F)cc1N(C)C=O. The smallest absolute Gasteiger partial charge is 0.266 e. The van der Waals surface area contributed by atoms with E-state index in [0.29, 0.717) is 12.1 Å². The Kier molecular flexibility index (Phi) is 5.26. The van der Waals surface area contributed by atoms with Gasteiger partial charge in [-0.15, -0.1) is 11.8 Å². The number of anilines is 2. The van der Waals surface area contributed by atoms with Gasteiger partial charge in [0.25, 0.3) is 5.92 Å². The maximum atomic E-state index is 14.3. The third-order valence-electron chi connectivity index (χ3n) is 3.54. The van der Waals surface area contributed by atoms with Gasteiger partial charge in [0.05, 0.1) is 17.9 Å². The van der Waals surface area contributed by atoms with Crippen LogP contribution in [0.4, 0.5) is 24.5 Å². The predicted molar refractivity (Wildman–Crippen MR) is 83.7 cm³/mol. The molecule has 1 saturated heterocycles. The molecule has 0 aliphatic carbocycles. The molecular formula is C15H19F3N2OS. The van der Waals surface area contributed by atoms with Crippen molar-refractivity contribution >= 4 is 29.5 Å². The molecule has 0 N–H and O–H groups in total. The first-order valence-corrected chi connectivity index (χ1v) is 8.14. The summed E-state index contributed by atoms with van der Waals surface area (Å²) in [6.45, 7) is 1.68. The first-order valence-electron chi connectivity index (χ1n) is 7.15. The first kappa shape index (κ1) is 17.0. The molecule has 1 fully saturated rings. The Labute approximate surface area is 132 Å². The van der Waals surface area contributed by atoms with Crippen LogP contribution in [0.15, 0.2) is 17.0 Å². The molecule has 0 atom stereocenters. The fourth-order valence-electron chi connectivity index (χ4n) is 2.38. The minimum Gasteiger partial charge on any atom is -0.363 e. The van der Waals surface area contributed by atoms with E-state index in [4.69, 9.17) is 0 Å². The van der Waals surface area contributed by atoms with E-state index in [0.717, 1.165) is 17.1 Å². The molecular weight excluding hydrogens is 313 g/mol. The average molecular weight is 332 g/mol. The summed E-state index contributed by atoms with van der Waals surface area (Å²) in [6, 6.07) is 2.82. The lowest BCUT2D eigenvalue weighted by Gasteiger charge is -2.23. The predicted octanol–water partition coefficient (Wildman–Crippen LogP) is 3.77. The number of hydrogen-bond donors (Lipinski definition) is 0. The van der Waals surface area contributed by atoms with Crippen molar-refractivity contribution in [2.75, 3.05) is 35.7 Å². The molecule has 0 radical (unpaired) electrons. The Morgan fingerprint density at radius 2 is 2.18 bits per heavy atom. The number of hydrogen-bond acceptors (Lipinski definition) is 3. The van der Waals surface area contributed by atoms with E-state index in [-0.39, 0.29) is 18.7 Å². The van der Waals surface area contributed by atoms with E-state index >= 15 is 0 Å². The molecule has 2 rings (SSSR count). The minimum atomic E-state index is -2.78. The minimum absolute atomic E-state index is 0.130. The zero-order valence-electron chi connectivity index (χ0n) is 12.6. The van der Waals surface area contributed by atoms with Gasteiger partial charge < -0.3 is 9.80 Å². The van der Waals surface area contributed by atoms with Crippen molar-refractivity contribution in [1.82, 2.24) is 0 Å². The van der Waals surface area contributed by atoms with E-state index in [1.54, 1.807) is 13.1 Å². The molecule has 22 heavy (non-hydrogen) atoms. The largest absolute Gasteiger partial charge is 0.363 e. The zero-order chi connectivity index (χ0) is 16.3. The van der Waals surface area contributed by atoms with Crippen molar-refractivity contribution < 1.29 is 18.0 Å². The maximum absolute atomic E-state index is 14.3. The second-order valence-corrected chi connectivity index (χ2v) is 6.50. The van der Waals surface area contributed by atoms with Crippen molar-refractivity contribution in [3.63, 3.8) is 0 Å². The van der Waals surface area contributed by atoms with Crippen LogP contribution in [0.3, 0.4) is 0 Å². The molecule has 1 aromatic carbocycles. The van der Waals surface area contributed by atoms with Crippen LogP contribution in [0.5, 0.6) is 0 Å². The summed E-state index contributed by atoms with van der Waals surface area (Å²) in [5.41, 5.74) is 0.638. The molecule has 1 heterocycles. The van der Waals surface area contributed by atoms with Gasteiger partial charge in [-0.2, -0.15) is 0 Å². The number of carbonyl (C=O) groups excluding carboxylic acids is 1. The van der Waals surface area contributed by atoms with Crippen LogP contribution in [-0.4, -0.2) is 38.2 Å². The highest BCUT2D eigenvalue weighted by atomic mass is 32.2. The van der Waals surface area contributed by atoms with E-state index in [1.807, 2.05) is 6.92 Å². The van der Waals surface area contributed by atoms with Gasteiger partial charge in [-0.3, -0.25) is 4.79 Å². The number of amides is 1. The standard InChI is InChI=1S/C15H19F3N2OS/c1-3-6-22-14-8-12(20-5-4-15(17,18)9-20)11(16)7-13(14)19(2)10-21/h7-8,10H,3-6,9H2,1-2H3. The first-order chi connectivity index (χ1) is 10.4. The Morgan fingerprint density at radius 1 is 1.45 bits per heavy atom. The molecule has 7 heteroatoms. The molecule has 1 aromatic rings. The molecule has 122 valence electrons. The highest BCUT2D eigenvalue weighted by Gasteiger charge is 2.39. The molecule has 1 amide bonds. The molecule has 1 aliphatic rings. The van der Waals surface area contributed by atoms with Crippen LogP contribution in [0.1, 0.15) is 19.8 Å². The van der Waals surface area contributed by atoms with Crippen molar-refractivity contribution in [2.24, 2.45) is 0 Å². The lowest BCUT2D eigenvalue weighted by atomic mass is 10.2. The van der Waals surface area contributed by atoms with Crippen LogP contribution in [0.2, 0.25) is 0 Å². The van der Waals surface area contributed by atoms with Gasteiger partial charge in [0.1, 0.15) is 5.82 Å². The van der Waals surface area contributed by atoms with Gasteiger partial charge in [0.15, 0.2) is 0 Å². The molecule has 0 saturated carbocycles. The summed E-state index contributed by atoms with van der Waals surface area (Å²) in [4.78, 5) is 14.3. The number of nitrogens with zero attached hydrogens (tertiary/aromatic N) is 2. The second-order valence-electron chi connectivity index (χ2n) is 5.36. The Balaban J connectivity index is 2.37. The number of carbonyl (C=O) groups is 1. The lowest BCUT2D eigenvalue weighted by molar-refractivity contribution is -0.107. The summed E-state index contributed by atoms with van der Waals surface area (Å²) >= 11 is 1.49. The van der Waals surface area contributed by atoms with Crippen LogP contribution in [-0.2, 0) is 4.79 Å². The topological polar surface area (TPSA) is 23.6 Å². The number of rotatable bonds is 6. The van der Waals surface area contributed by atoms with Gasteiger partial charge in [-0.1, -0.05) is 6.92 Å². The maximum Gasteiger partial charge on any atom is 0.266 e. The third-order valence-corrected chi connectivity index (χ3v) is 4.79. The van der Waals surface area contributed by atoms with E-state index < -0.39 is 18.3 Å². The second kappa shape index (κ2) is 6.81. The summed E-state index contributed by atoms with van der Waals surface area (Å²) in [7, 11) is 1.54. The van der Waals surface area contributed by atoms with Crippen molar-refractivity contribution in [3.05, 3.63) is 17.9 Å². The molecule has 0 spiro atoms. The van der Waals surface area contributed by atoms with Gasteiger partial charge >= 0.3 is 0 Å². The number of thioether (sulfide) groups is 1. The summed E-state index contributed by atoms with van der Waals surface area (Å²) < 4.78 is 41.0. The zero-order valence-corrected chi connectivity index (χ0v) is 13.4. The van der Waals surface area contributed by atoms with E-state index in [9.17, 15) is 18.0 Å². The average Bonchev–Trinajstić information content (AvgIpc) is 2.84. The molecule has 0 bridgehead atoms. The molecule has 0 unspecified atom stereocenters. The van der Waals surface area contributed by atoms with Crippen molar-refractivity contribution in [2.45, 2.75) is 30.6 Å². The summed E-state index contributed by atoms with van der Waals surface area (Å²) in [5, 5.41) is 0. The van der Waals surface area contributed by atoms with Crippen molar-refractivity contribution in [3.8, 4) is 0 Å². The number of benzene rings is 1. The van der Waals surface area contributed by atoms with Crippen molar-refractivity contribution in [1.29, 1.82) is 0 Å². The van der Waals surface area contributed by atoms with Gasteiger partial charge in [-0.05, 0) is 18.2 Å². The van der Waals surface area contributed by atoms with Gasteiger partial charge in [-0.25, -0.2) is 13.2 Å². The van der Waals surface area contributed by atoms with Crippen LogP contribution in [0.25, 0.3) is 0 Å². The fraction of sp³-hybridized carbons (Fsp3) is 0.533. The number of alkyl halides is 2. The monoisotopic (exact) mass is 332 g/mol. The molecule has 0 aromatic heterocycles. The highest BCUT2D eigenvalue weighted by molar-refractivity contribution is 7.99. The third kappa shape index (κ3) is 3.69. The Bertz CT molecular complexity index is 554. The quantitative estimate of drug-likeness (QED) is 0.585. The lowest BCUT2D eigenvalue weighted by Crippen LogP contribution is -2.26. The van der Waals surface area contributed by atoms with Gasteiger partial charge in [0.2, 0.25) is 6.41 Å². The Hall–Kier alpha value is -1.37. The molecule has 3 nitrogen and oxygen atoms in total. The summed E-state index contributed by atoms with van der Waals surface area (Å²) in [6.07, 6.45) is 1.26. The van der Waals surface area contributed by atoms with Crippen LogP contribution in [0, 0.1) is 5.82 Å². The van der Waals surface area contributed by atoms with Gasteiger partial charge in [0, 0.05) is 31.0 Å². The van der Waals surface area contributed by atoms with E-state index in [1.165, 1.54) is 27.6 Å². The highest BCUT2D eigenvalue weighted by Crippen LogP contribution is 2.38. The summed E-state index contributed by atoms with van der Waals surface area (Å²) in [5.74, 6) is -2.55. The van der Waals surface area contributed by atoms with Crippen LogP contribution >= 0.6 is 11.8 Å². The molecule has 1 aliphatic heterocycles. The normalized spacial score (nSPS) is 16.9. The fourth-order valence-corrected chi connectivity index (χ4v) is 3.35. The van der Waals surface area contributed by atoms with E-state index in [2.05, 4.69) is 0 Å². The Morgan fingerprint density at radius 3 is 2.73 bits per heavy atom. The number of halogens is 3. The van der Waals surface area contributed by atoms with Crippen LogP contribution < -0.4 is 9.80 Å².